The molecular weight excluding hydrogens is 360 g/mol. The van der Waals surface area contributed by atoms with Gasteiger partial charge in [-0.2, -0.15) is 4.98 Å². The molecule has 0 saturated carbocycles. The Balaban J connectivity index is 1.76. The fraction of sp³-hybridized carbons (Fsp3) is 0.200. The van der Waals surface area contributed by atoms with Crippen molar-refractivity contribution in [2.45, 2.75) is 33.8 Å². The van der Waals surface area contributed by atoms with Crippen LogP contribution in [0.1, 0.15) is 25.0 Å². The lowest BCUT2D eigenvalue weighted by Crippen LogP contribution is -2.05. The molecule has 4 heteroatoms. The standard InChI is InChI=1S/C25H24N2O2/c1-16(2)28-20-11-9-19(10-12-20)24-26-23-8-6-5-7-22(23)25(27-24)29-21-14-17(3)13-18(4)15-21/h5-16H,1-4H3. The number of benzene rings is 3. The van der Waals surface area contributed by atoms with Crippen LogP contribution in [0.15, 0.2) is 66.7 Å². The first-order valence-electron chi connectivity index (χ1n) is 9.78. The first-order chi connectivity index (χ1) is 14.0. The predicted molar refractivity (Wildman–Crippen MR) is 117 cm³/mol. The zero-order chi connectivity index (χ0) is 20.4. The molecule has 4 rings (SSSR count). The van der Waals surface area contributed by atoms with E-state index in [2.05, 4.69) is 19.9 Å². The maximum atomic E-state index is 6.22. The van der Waals surface area contributed by atoms with Crippen molar-refractivity contribution in [2.24, 2.45) is 0 Å². The SMILES string of the molecule is Cc1cc(C)cc(Oc2nc(-c3ccc(OC(C)C)cc3)nc3ccccc23)c1. The van der Waals surface area contributed by atoms with Gasteiger partial charge in [0.2, 0.25) is 5.88 Å². The van der Waals surface area contributed by atoms with Crippen LogP contribution in [-0.2, 0) is 0 Å². The van der Waals surface area contributed by atoms with E-state index in [4.69, 9.17) is 19.4 Å². The molecule has 0 N–H and O–H groups in total. The van der Waals surface area contributed by atoms with Crippen LogP contribution in [0.4, 0.5) is 0 Å². The van der Waals surface area contributed by atoms with Crippen LogP contribution in [0.5, 0.6) is 17.4 Å². The van der Waals surface area contributed by atoms with Gasteiger partial charge in [0.25, 0.3) is 0 Å². The molecule has 0 aliphatic carbocycles. The van der Waals surface area contributed by atoms with Crippen LogP contribution in [-0.4, -0.2) is 16.1 Å². The van der Waals surface area contributed by atoms with Crippen LogP contribution >= 0.6 is 0 Å². The molecule has 3 aromatic carbocycles. The van der Waals surface area contributed by atoms with Gasteiger partial charge in [-0.15, -0.1) is 0 Å². The van der Waals surface area contributed by atoms with Crippen LogP contribution in [0.3, 0.4) is 0 Å². The molecule has 0 radical (unpaired) electrons. The number of para-hydroxylation sites is 1. The Hall–Kier alpha value is -3.40. The molecule has 29 heavy (non-hydrogen) atoms. The highest BCUT2D eigenvalue weighted by atomic mass is 16.5. The highest BCUT2D eigenvalue weighted by Crippen LogP contribution is 2.31. The van der Waals surface area contributed by atoms with Crippen molar-refractivity contribution < 1.29 is 9.47 Å². The van der Waals surface area contributed by atoms with Gasteiger partial charge in [-0.25, -0.2) is 4.98 Å². The van der Waals surface area contributed by atoms with Crippen LogP contribution in [0.2, 0.25) is 0 Å². The monoisotopic (exact) mass is 384 g/mol. The lowest BCUT2D eigenvalue weighted by atomic mass is 10.1. The molecule has 1 heterocycles. The average Bonchev–Trinajstić information content (AvgIpc) is 2.67. The quantitative estimate of drug-likeness (QED) is 0.394. The van der Waals surface area contributed by atoms with Crippen molar-refractivity contribution in [2.75, 3.05) is 0 Å². The maximum absolute atomic E-state index is 6.22. The maximum Gasteiger partial charge on any atom is 0.230 e. The van der Waals surface area contributed by atoms with Gasteiger partial charge in [-0.3, -0.25) is 0 Å². The van der Waals surface area contributed by atoms with Crippen molar-refractivity contribution in [1.29, 1.82) is 0 Å². The Labute approximate surface area is 171 Å². The molecule has 146 valence electrons. The van der Waals surface area contributed by atoms with Gasteiger partial charge < -0.3 is 9.47 Å². The first kappa shape index (κ1) is 18.9. The number of hydrogen-bond donors (Lipinski definition) is 0. The minimum Gasteiger partial charge on any atom is -0.491 e. The number of ether oxygens (including phenoxy) is 2. The Morgan fingerprint density at radius 1 is 0.759 bits per heavy atom. The van der Waals surface area contributed by atoms with Gasteiger partial charge in [0, 0.05) is 5.56 Å². The molecule has 0 fully saturated rings. The van der Waals surface area contributed by atoms with Crippen LogP contribution in [0, 0.1) is 13.8 Å². The van der Waals surface area contributed by atoms with Gasteiger partial charge in [0.05, 0.1) is 17.0 Å². The summed E-state index contributed by atoms with van der Waals surface area (Å²) in [5.74, 6) is 2.78. The summed E-state index contributed by atoms with van der Waals surface area (Å²) in [7, 11) is 0. The molecule has 0 aliphatic heterocycles. The van der Waals surface area contributed by atoms with E-state index in [1.165, 1.54) is 0 Å². The minimum absolute atomic E-state index is 0.135. The van der Waals surface area contributed by atoms with Crippen molar-refractivity contribution in [3.63, 3.8) is 0 Å². The van der Waals surface area contributed by atoms with E-state index in [0.717, 1.165) is 39.1 Å². The van der Waals surface area contributed by atoms with Crippen molar-refractivity contribution in [3.8, 4) is 28.8 Å². The van der Waals surface area contributed by atoms with E-state index in [9.17, 15) is 0 Å². The summed E-state index contributed by atoms with van der Waals surface area (Å²) in [5.41, 5.74) is 4.06. The van der Waals surface area contributed by atoms with Gasteiger partial charge in [-0.1, -0.05) is 18.2 Å². The second-order valence-corrected chi connectivity index (χ2v) is 7.49. The second kappa shape index (κ2) is 7.92. The Morgan fingerprint density at radius 3 is 2.14 bits per heavy atom. The number of aryl methyl sites for hydroxylation is 2. The largest absolute Gasteiger partial charge is 0.491 e. The van der Waals surface area contributed by atoms with E-state index >= 15 is 0 Å². The lowest BCUT2D eigenvalue weighted by molar-refractivity contribution is 0.242. The Morgan fingerprint density at radius 2 is 1.45 bits per heavy atom. The molecular formula is C25H24N2O2. The number of fused-ring (bicyclic) bond motifs is 1. The molecule has 0 amide bonds. The zero-order valence-corrected chi connectivity index (χ0v) is 17.1. The third kappa shape index (κ3) is 4.37. The van der Waals surface area contributed by atoms with E-state index in [0.29, 0.717) is 11.7 Å². The van der Waals surface area contributed by atoms with Gasteiger partial charge in [0.1, 0.15) is 11.5 Å². The minimum atomic E-state index is 0.135. The molecule has 0 atom stereocenters. The lowest BCUT2D eigenvalue weighted by Gasteiger charge is -2.12. The topological polar surface area (TPSA) is 44.2 Å². The van der Waals surface area contributed by atoms with Gasteiger partial charge in [0.15, 0.2) is 5.82 Å². The number of hydrogen-bond acceptors (Lipinski definition) is 4. The van der Waals surface area contributed by atoms with Gasteiger partial charge in [-0.05, 0) is 87.4 Å². The Kier molecular flexibility index (Phi) is 5.17. The molecule has 4 aromatic rings. The van der Waals surface area contributed by atoms with E-state index in [1.807, 2.05) is 74.5 Å². The summed E-state index contributed by atoms with van der Waals surface area (Å²) in [4.78, 5) is 9.48. The smallest absolute Gasteiger partial charge is 0.230 e. The van der Waals surface area contributed by atoms with E-state index in [1.54, 1.807) is 0 Å². The molecule has 0 unspecified atom stereocenters. The van der Waals surface area contributed by atoms with Gasteiger partial charge >= 0.3 is 0 Å². The third-order valence-electron chi connectivity index (χ3n) is 4.46. The summed E-state index contributed by atoms with van der Waals surface area (Å²) in [5, 5.41) is 0.884. The number of aromatic nitrogens is 2. The van der Waals surface area contributed by atoms with Crippen molar-refractivity contribution >= 4 is 10.9 Å². The fourth-order valence-electron chi connectivity index (χ4n) is 3.31. The van der Waals surface area contributed by atoms with E-state index < -0.39 is 0 Å². The van der Waals surface area contributed by atoms with Crippen molar-refractivity contribution in [3.05, 3.63) is 77.9 Å². The summed E-state index contributed by atoms with van der Waals surface area (Å²) in [6.45, 7) is 8.14. The van der Waals surface area contributed by atoms with Crippen molar-refractivity contribution in [1.82, 2.24) is 9.97 Å². The fourth-order valence-corrected chi connectivity index (χ4v) is 3.31. The molecule has 0 aliphatic rings. The molecule has 4 nitrogen and oxygen atoms in total. The second-order valence-electron chi connectivity index (χ2n) is 7.49. The summed E-state index contributed by atoms with van der Waals surface area (Å²) >= 11 is 0. The molecule has 0 spiro atoms. The first-order valence-corrected chi connectivity index (χ1v) is 9.78. The summed E-state index contributed by atoms with van der Waals surface area (Å²) in [6.07, 6.45) is 0.135. The third-order valence-corrected chi connectivity index (χ3v) is 4.46. The summed E-state index contributed by atoms with van der Waals surface area (Å²) < 4.78 is 12.0. The normalized spacial score (nSPS) is 11.1. The number of nitrogens with zero attached hydrogens (tertiary/aromatic N) is 2. The van der Waals surface area contributed by atoms with Crippen LogP contribution < -0.4 is 9.47 Å². The predicted octanol–water partition coefficient (Wildman–Crippen LogP) is 6.49. The average molecular weight is 384 g/mol. The van der Waals surface area contributed by atoms with Crippen LogP contribution in [0.25, 0.3) is 22.3 Å². The molecule has 1 aromatic heterocycles. The summed E-state index contributed by atoms with van der Waals surface area (Å²) in [6, 6.07) is 21.9. The Bertz CT molecular complexity index is 1130. The van der Waals surface area contributed by atoms with E-state index in [-0.39, 0.29) is 6.10 Å². The number of rotatable bonds is 5. The highest BCUT2D eigenvalue weighted by molar-refractivity contribution is 5.85. The molecule has 0 saturated heterocycles. The molecule has 0 bridgehead atoms. The highest BCUT2D eigenvalue weighted by Gasteiger charge is 2.12. The zero-order valence-electron chi connectivity index (χ0n) is 17.1.